The van der Waals surface area contributed by atoms with E-state index < -0.39 is 0 Å². The molecule has 1 aromatic carbocycles. The highest BCUT2D eigenvalue weighted by Crippen LogP contribution is 2.66. The molecule has 1 spiro atoms. The van der Waals surface area contributed by atoms with Crippen LogP contribution in [0.1, 0.15) is 55.7 Å². The Balaban J connectivity index is 1.09. The summed E-state index contributed by atoms with van der Waals surface area (Å²) in [6.07, 6.45) is 6.84. The zero-order valence-corrected chi connectivity index (χ0v) is 18.1. The van der Waals surface area contributed by atoms with Crippen LogP contribution in [0.4, 0.5) is 10.2 Å². The molecule has 2 aliphatic carbocycles. The average molecular weight is 434 g/mol. The smallest absolute Gasteiger partial charge is 0.226 e. The van der Waals surface area contributed by atoms with Crippen LogP contribution in [0, 0.1) is 17.2 Å². The van der Waals surface area contributed by atoms with Crippen LogP contribution >= 0.6 is 0 Å². The van der Waals surface area contributed by atoms with Crippen molar-refractivity contribution >= 4 is 22.8 Å². The van der Waals surface area contributed by atoms with Gasteiger partial charge in [-0.1, -0.05) is 24.6 Å². The van der Waals surface area contributed by atoms with Gasteiger partial charge in [0.15, 0.2) is 11.5 Å². The number of fused-ring (bicyclic) bond motifs is 1. The van der Waals surface area contributed by atoms with Crippen molar-refractivity contribution < 1.29 is 9.18 Å². The first-order chi connectivity index (χ1) is 15.6. The Labute approximate surface area is 186 Å². The Morgan fingerprint density at radius 3 is 2.72 bits per heavy atom. The molecule has 3 aromatic rings. The van der Waals surface area contributed by atoms with Gasteiger partial charge in [-0.3, -0.25) is 9.89 Å². The first-order valence-electron chi connectivity index (χ1n) is 11.7. The van der Waals surface area contributed by atoms with Gasteiger partial charge in [0.2, 0.25) is 5.91 Å². The van der Waals surface area contributed by atoms with Crippen LogP contribution in [-0.2, 0) is 11.3 Å². The van der Waals surface area contributed by atoms with Crippen molar-refractivity contribution in [3.8, 4) is 0 Å². The Bertz CT molecular complexity index is 1160. The van der Waals surface area contributed by atoms with E-state index in [4.69, 9.17) is 4.98 Å². The van der Waals surface area contributed by atoms with Gasteiger partial charge in [0.25, 0.3) is 0 Å². The SMILES string of the molecule is O=C(C1CC12CCC2)N1CCC(c2ccc3c(NCc4ccccc4F)n[nH]c3n2)CC1. The van der Waals surface area contributed by atoms with E-state index in [0.29, 0.717) is 41.1 Å². The number of likely N-dealkylation sites (tertiary alicyclic amines) is 1. The summed E-state index contributed by atoms with van der Waals surface area (Å²) in [5, 5.41) is 11.5. The summed E-state index contributed by atoms with van der Waals surface area (Å²) < 4.78 is 13.9. The number of halogens is 1. The van der Waals surface area contributed by atoms with Gasteiger partial charge < -0.3 is 10.2 Å². The van der Waals surface area contributed by atoms with Gasteiger partial charge >= 0.3 is 0 Å². The fraction of sp³-hybridized carbons (Fsp3) is 0.480. The quantitative estimate of drug-likeness (QED) is 0.617. The number of anilines is 1. The van der Waals surface area contributed by atoms with Crippen molar-refractivity contribution in [2.45, 2.75) is 51.0 Å². The standard InChI is InChI=1S/C25H28FN5O/c26-20-5-2-1-4-17(20)15-27-22-18-6-7-21(28-23(18)30-29-22)16-8-12-31(13-9-16)24(32)19-14-25(19)10-3-11-25/h1-2,4-7,16,19H,3,8-15H2,(H2,27,28,29,30). The largest absolute Gasteiger partial charge is 0.364 e. The van der Waals surface area contributed by atoms with Gasteiger partial charge in [0.1, 0.15) is 5.82 Å². The molecule has 1 saturated heterocycles. The Hall–Kier alpha value is -2.96. The van der Waals surface area contributed by atoms with Crippen LogP contribution in [0.15, 0.2) is 36.4 Å². The second-order valence-corrected chi connectivity index (χ2v) is 9.72. The lowest BCUT2D eigenvalue weighted by Crippen LogP contribution is -2.40. The number of carbonyl (C=O) groups excluding carboxylic acids is 1. The summed E-state index contributed by atoms with van der Waals surface area (Å²) in [6.45, 7) is 2.02. The molecule has 32 heavy (non-hydrogen) atoms. The number of pyridine rings is 1. The van der Waals surface area contributed by atoms with Gasteiger partial charge in [-0.05, 0) is 55.7 Å². The van der Waals surface area contributed by atoms with E-state index in [1.54, 1.807) is 12.1 Å². The average Bonchev–Trinajstić information content (AvgIpc) is 3.46. The molecule has 2 saturated carbocycles. The Kier molecular flexibility index (Phi) is 4.66. The molecule has 1 atom stereocenters. The van der Waals surface area contributed by atoms with Crippen LogP contribution < -0.4 is 5.32 Å². The lowest BCUT2D eigenvalue weighted by molar-refractivity contribution is -0.135. The number of hydrogen-bond acceptors (Lipinski definition) is 4. The number of aromatic nitrogens is 3. The third-order valence-corrected chi connectivity index (χ3v) is 7.91. The molecule has 1 unspecified atom stereocenters. The summed E-state index contributed by atoms with van der Waals surface area (Å²) in [5.74, 6) is 1.51. The number of aromatic amines is 1. The number of rotatable bonds is 5. The summed E-state index contributed by atoms with van der Waals surface area (Å²) in [4.78, 5) is 19.8. The summed E-state index contributed by atoms with van der Waals surface area (Å²) in [7, 11) is 0. The maximum atomic E-state index is 13.9. The zero-order valence-electron chi connectivity index (χ0n) is 18.1. The second-order valence-electron chi connectivity index (χ2n) is 9.72. The lowest BCUT2D eigenvalue weighted by atomic mass is 9.79. The molecule has 6 nitrogen and oxygen atoms in total. The molecule has 2 N–H and O–H groups in total. The number of piperidine rings is 1. The highest BCUT2D eigenvalue weighted by molar-refractivity contribution is 5.87. The van der Waals surface area contributed by atoms with E-state index >= 15 is 0 Å². The number of H-pyrrole nitrogens is 1. The van der Waals surface area contributed by atoms with E-state index in [9.17, 15) is 9.18 Å². The third-order valence-electron chi connectivity index (χ3n) is 7.91. The molecular formula is C25H28FN5O. The van der Waals surface area contributed by atoms with Crippen LogP contribution in [-0.4, -0.2) is 39.1 Å². The Morgan fingerprint density at radius 1 is 1.19 bits per heavy atom. The van der Waals surface area contributed by atoms with Gasteiger partial charge in [-0.15, -0.1) is 0 Å². The normalized spacial score (nSPS) is 22.2. The summed E-state index contributed by atoms with van der Waals surface area (Å²) in [5.41, 5.74) is 2.79. The van der Waals surface area contributed by atoms with Crippen molar-refractivity contribution in [1.29, 1.82) is 0 Å². The minimum atomic E-state index is -0.227. The molecule has 6 rings (SSSR count). The number of benzene rings is 1. The molecule has 3 fully saturated rings. The van der Waals surface area contributed by atoms with E-state index in [1.807, 2.05) is 12.1 Å². The number of amides is 1. The molecule has 2 aromatic heterocycles. The molecule has 166 valence electrons. The molecule has 0 radical (unpaired) electrons. The Morgan fingerprint density at radius 2 is 2.00 bits per heavy atom. The maximum absolute atomic E-state index is 13.9. The first kappa shape index (κ1) is 19.7. The van der Waals surface area contributed by atoms with Crippen molar-refractivity contribution in [3.63, 3.8) is 0 Å². The van der Waals surface area contributed by atoms with Crippen molar-refractivity contribution in [2.75, 3.05) is 18.4 Å². The van der Waals surface area contributed by atoms with Gasteiger partial charge in [0.05, 0.1) is 5.39 Å². The minimum Gasteiger partial charge on any atom is -0.364 e. The molecular weight excluding hydrogens is 405 g/mol. The van der Waals surface area contributed by atoms with Gasteiger partial charge in [-0.25, -0.2) is 9.37 Å². The van der Waals surface area contributed by atoms with Crippen molar-refractivity contribution in [3.05, 3.63) is 53.5 Å². The second kappa shape index (κ2) is 7.57. The van der Waals surface area contributed by atoms with E-state index in [-0.39, 0.29) is 5.82 Å². The fourth-order valence-corrected chi connectivity index (χ4v) is 5.60. The monoisotopic (exact) mass is 433 g/mol. The van der Waals surface area contributed by atoms with Crippen LogP contribution in [0.2, 0.25) is 0 Å². The van der Waals surface area contributed by atoms with Crippen molar-refractivity contribution in [1.82, 2.24) is 20.1 Å². The van der Waals surface area contributed by atoms with Crippen LogP contribution in [0.3, 0.4) is 0 Å². The van der Waals surface area contributed by atoms with Gasteiger partial charge in [0, 0.05) is 42.7 Å². The van der Waals surface area contributed by atoms with E-state index in [0.717, 1.165) is 49.1 Å². The zero-order chi connectivity index (χ0) is 21.7. The molecule has 7 heteroatoms. The summed E-state index contributed by atoms with van der Waals surface area (Å²) >= 11 is 0. The molecule has 1 amide bonds. The number of nitrogens with one attached hydrogen (secondary N) is 2. The predicted molar refractivity (Wildman–Crippen MR) is 121 cm³/mol. The predicted octanol–water partition coefficient (Wildman–Crippen LogP) is 4.61. The third kappa shape index (κ3) is 3.34. The highest BCUT2D eigenvalue weighted by Gasteiger charge is 2.61. The van der Waals surface area contributed by atoms with Crippen LogP contribution in [0.5, 0.6) is 0 Å². The van der Waals surface area contributed by atoms with Crippen LogP contribution in [0.25, 0.3) is 11.0 Å². The molecule has 0 bridgehead atoms. The first-order valence-corrected chi connectivity index (χ1v) is 11.7. The highest BCUT2D eigenvalue weighted by atomic mass is 19.1. The number of hydrogen-bond donors (Lipinski definition) is 2. The molecule has 3 aliphatic rings. The van der Waals surface area contributed by atoms with Gasteiger partial charge in [-0.2, -0.15) is 5.10 Å². The molecule has 3 heterocycles. The molecule has 1 aliphatic heterocycles. The minimum absolute atomic E-state index is 0.227. The lowest BCUT2D eigenvalue weighted by Gasteiger charge is -2.34. The topological polar surface area (TPSA) is 73.9 Å². The summed E-state index contributed by atoms with van der Waals surface area (Å²) in [6, 6.07) is 10.8. The van der Waals surface area contributed by atoms with E-state index in [2.05, 4.69) is 26.5 Å². The maximum Gasteiger partial charge on any atom is 0.226 e. The van der Waals surface area contributed by atoms with Crippen molar-refractivity contribution in [2.24, 2.45) is 11.3 Å². The number of carbonyl (C=O) groups is 1. The fourth-order valence-electron chi connectivity index (χ4n) is 5.60. The number of nitrogens with zero attached hydrogens (tertiary/aromatic N) is 3. The van der Waals surface area contributed by atoms with E-state index in [1.165, 1.54) is 25.3 Å².